The zero-order valence-corrected chi connectivity index (χ0v) is 14.1. The van der Waals surface area contributed by atoms with Gasteiger partial charge >= 0.3 is 9.12 Å². The molecule has 110 valence electrons. The molecule has 1 atom stereocenters. The summed E-state index contributed by atoms with van der Waals surface area (Å²) in [4.78, 5) is 0. The average molecular weight is 327 g/mol. The van der Waals surface area contributed by atoms with Crippen molar-refractivity contribution in [2.24, 2.45) is 0 Å². The summed E-state index contributed by atoms with van der Waals surface area (Å²) < 4.78 is 22.0. The SMILES string of the molecule is O=P(c1ccccc1)(c1ccccc1)c1ccccc1.O=[PH2+]. The van der Waals surface area contributed by atoms with Gasteiger partial charge in [-0.05, 0) is 0 Å². The molecular weight excluding hydrogens is 310 g/mol. The van der Waals surface area contributed by atoms with Gasteiger partial charge in [-0.15, -0.1) is 0 Å². The summed E-state index contributed by atoms with van der Waals surface area (Å²) in [5.74, 6) is 0. The molecule has 0 spiro atoms. The van der Waals surface area contributed by atoms with E-state index in [1.807, 2.05) is 91.0 Å². The monoisotopic (exact) mass is 327 g/mol. The van der Waals surface area contributed by atoms with Gasteiger partial charge < -0.3 is 4.57 Å². The first-order valence-electron chi connectivity index (χ1n) is 6.82. The van der Waals surface area contributed by atoms with Gasteiger partial charge in [-0.1, -0.05) is 95.6 Å². The highest BCUT2D eigenvalue weighted by atomic mass is 31.2. The molecule has 0 radical (unpaired) electrons. The molecular formula is C18H17O2P2+. The summed E-state index contributed by atoms with van der Waals surface area (Å²) in [5, 5.41) is 2.62. The quantitative estimate of drug-likeness (QED) is 0.690. The lowest BCUT2D eigenvalue weighted by molar-refractivity contribution is 0.592. The Labute approximate surface area is 132 Å². The maximum atomic E-state index is 13.8. The number of rotatable bonds is 3. The number of hydrogen-bond donors (Lipinski definition) is 0. The molecule has 2 nitrogen and oxygen atoms in total. The van der Waals surface area contributed by atoms with Crippen molar-refractivity contribution in [1.82, 2.24) is 0 Å². The van der Waals surface area contributed by atoms with Crippen LogP contribution in [0, 0.1) is 0 Å². The molecule has 0 heterocycles. The second kappa shape index (κ2) is 7.84. The van der Waals surface area contributed by atoms with Crippen molar-refractivity contribution in [2.45, 2.75) is 0 Å². The molecule has 0 N–H and O–H groups in total. The molecule has 0 aromatic heterocycles. The molecule has 3 aromatic carbocycles. The van der Waals surface area contributed by atoms with Gasteiger partial charge in [0.25, 0.3) is 0 Å². The minimum Gasteiger partial charge on any atom is -0.309 e. The molecule has 0 fully saturated rings. The molecule has 3 rings (SSSR count). The zero-order valence-electron chi connectivity index (χ0n) is 12.0. The lowest BCUT2D eigenvalue weighted by Crippen LogP contribution is -2.24. The molecule has 0 amide bonds. The van der Waals surface area contributed by atoms with Crippen LogP contribution in [0.5, 0.6) is 0 Å². The maximum Gasteiger partial charge on any atom is 0.310 e. The van der Waals surface area contributed by atoms with Gasteiger partial charge in [0.1, 0.15) is 0 Å². The summed E-state index contributed by atoms with van der Waals surface area (Å²) >= 11 is 0. The molecule has 0 bridgehead atoms. The Bertz CT molecular complexity index is 640. The summed E-state index contributed by atoms with van der Waals surface area (Å²) in [6.07, 6.45) is 0. The Morgan fingerprint density at radius 2 is 0.727 bits per heavy atom. The van der Waals surface area contributed by atoms with Gasteiger partial charge in [0.15, 0.2) is 7.14 Å². The first-order valence-corrected chi connectivity index (χ1v) is 9.00. The van der Waals surface area contributed by atoms with E-state index in [0.29, 0.717) is 0 Å². The van der Waals surface area contributed by atoms with Crippen LogP contribution in [0.1, 0.15) is 0 Å². The van der Waals surface area contributed by atoms with E-state index in [-0.39, 0.29) is 0 Å². The van der Waals surface area contributed by atoms with Crippen LogP contribution in [-0.4, -0.2) is 0 Å². The second-order valence-electron chi connectivity index (χ2n) is 4.62. The Morgan fingerprint density at radius 3 is 0.955 bits per heavy atom. The van der Waals surface area contributed by atoms with Crippen LogP contribution in [-0.2, 0) is 9.13 Å². The maximum absolute atomic E-state index is 13.8. The highest BCUT2D eigenvalue weighted by Gasteiger charge is 2.28. The minimum absolute atomic E-state index is 0.873. The Hall–Kier alpha value is -2.01. The summed E-state index contributed by atoms with van der Waals surface area (Å²) in [5.41, 5.74) is 0. The van der Waals surface area contributed by atoms with E-state index >= 15 is 0 Å². The summed E-state index contributed by atoms with van der Waals surface area (Å²) in [6.45, 7) is 0. The first-order chi connectivity index (χ1) is 10.8. The van der Waals surface area contributed by atoms with Gasteiger partial charge in [-0.3, -0.25) is 0 Å². The predicted molar refractivity (Wildman–Crippen MR) is 96.2 cm³/mol. The summed E-state index contributed by atoms with van der Waals surface area (Å²) in [7, 11) is -1.61. The fourth-order valence-corrected chi connectivity index (χ4v) is 5.03. The average Bonchev–Trinajstić information content (AvgIpc) is 2.65. The molecule has 0 aliphatic rings. The zero-order chi connectivity index (χ0) is 15.8. The van der Waals surface area contributed by atoms with E-state index in [0.717, 1.165) is 15.9 Å². The van der Waals surface area contributed by atoms with Gasteiger partial charge in [0.05, 0.1) is 0 Å². The van der Waals surface area contributed by atoms with Crippen molar-refractivity contribution in [2.75, 3.05) is 0 Å². The van der Waals surface area contributed by atoms with Gasteiger partial charge in [-0.25, -0.2) is 0 Å². The van der Waals surface area contributed by atoms with E-state index < -0.39 is 7.14 Å². The van der Waals surface area contributed by atoms with E-state index in [9.17, 15) is 4.57 Å². The summed E-state index contributed by atoms with van der Waals surface area (Å²) in [6, 6.07) is 29.1. The van der Waals surface area contributed by atoms with Gasteiger partial charge in [0.2, 0.25) is 0 Å². The van der Waals surface area contributed by atoms with Gasteiger partial charge in [-0.2, -0.15) is 0 Å². The molecule has 0 saturated heterocycles. The third kappa shape index (κ3) is 3.25. The topological polar surface area (TPSA) is 34.1 Å². The molecule has 4 heteroatoms. The fourth-order valence-electron chi connectivity index (χ4n) is 2.36. The van der Waals surface area contributed by atoms with Crippen LogP contribution in [0.25, 0.3) is 0 Å². The van der Waals surface area contributed by atoms with Crippen LogP contribution < -0.4 is 15.9 Å². The normalized spacial score (nSPS) is 10.4. The lowest BCUT2D eigenvalue weighted by Gasteiger charge is -2.19. The highest BCUT2D eigenvalue weighted by Crippen LogP contribution is 2.41. The van der Waals surface area contributed by atoms with Crippen molar-refractivity contribution >= 4 is 32.2 Å². The minimum atomic E-state index is -2.78. The Kier molecular flexibility index (Phi) is 5.83. The molecule has 3 aromatic rings. The molecule has 0 aliphatic heterocycles. The molecule has 1 unspecified atom stereocenters. The fraction of sp³-hybridized carbons (Fsp3) is 0. The van der Waals surface area contributed by atoms with Crippen molar-refractivity contribution in [1.29, 1.82) is 0 Å². The van der Waals surface area contributed by atoms with Crippen molar-refractivity contribution in [3.8, 4) is 0 Å². The van der Waals surface area contributed by atoms with E-state index in [4.69, 9.17) is 4.57 Å². The highest BCUT2D eigenvalue weighted by molar-refractivity contribution is 7.85. The van der Waals surface area contributed by atoms with Crippen LogP contribution in [0.2, 0.25) is 0 Å². The van der Waals surface area contributed by atoms with E-state index in [1.54, 1.807) is 0 Å². The van der Waals surface area contributed by atoms with E-state index in [1.165, 1.54) is 9.12 Å². The third-order valence-corrected chi connectivity index (χ3v) is 6.44. The Balaban J connectivity index is 0.000000847. The second-order valence-corrected chi connectivity index (χ2v) is 7.38. The van der Waals surface area contributed by atoms with Gasteiger partial charge in [0, 0.05) is 15.9 Å². The van der Waals surface area contributed by atoms with Crippen molar-refractivity contribution in [3.63, 3.8) is 0 Å². The van der Waals surface area contributed by atoms with Crippen LogP contribution in [0.15, 0.2) is 91.0 Å². The van der Waals surface area contributed by atoms with Crippen molar-refractivity contribution in [3.05, 3.63) is 91.0 Å². The predicted octanol–water partition coefficient (Wildman–Crippen LogP) is 3.53. The van der Waals surface area contributed by atoms with Crippen LogP contribution in [0.3, 0.4) is 0 Å². The van der Waals surface area contributed by atoms with Crippen LogP contribution >= 0.6 is 16.3 Å². The molecule has 0 saturated carbocycles. The standard InChI is InChI=1S/C18H15OP.H2OP/c19-20(16-10-4-1-5-11-16,17-12-6-2-7-13-17)18-14-8-3-9-15-18;1-2/h1-15H;2H2/q;+1. The first kappa shape index (κ1) is 16.4. The lowest BCUT2D eigenvalue weighted by atomic mass is 10.4. The van der Waals surface area contributed by atoms with E-state index in [2.05, 4.69) is 0 Å². The third-order valence-electron chi connectivity index (χ3n) is 3.36. The number of hydrogen-bond acceptors (Lipinski definition) is 2. The van der Waals surface area contributed by atoms with Crippen molar-refractivity contribution < 1.29 is 9.13 Å². The van der Waals surface area contributed by atoms with Crippen LogP contribution in [0.4, 0.5) is 0 Å². The Morgan fingerprint density at radius 1 is 0.500 bits per heavy atom. The number of benzene rings is 3. The molecule has 0 aliphatic carbocycles. The molecule has 22 heavy (non-hydrogen) atoms. The largest absolute Gasteiger partial charge is 0.310 e. The smallest absolute Gasteiger partial charge is 0.309 e.